The SMILES string of the molecule is Cc1ccc(-n2c(SCC#N)nc3ccccc3c2=O)nc1. The number of fused-ring (bicyclic) bond motifs is 1. The van der Waals surface area contributed by atoms with Crippen molar-refractivity contribution in [3.63, 3.8) is 0 Å². The number of para-hydroxylation sites is 1. The van der Waals surface area contributed by atoms with Gasteiger partial charge in [0.2, 0.25) is 0 Å². The third-order valence-corrected chi connectivity index (χ3v) is 3.94. The van der Waals surface area contributed by atoms with Gasteiger partial charge in [-0.25, -0.2) is 14.5 Å². The van der Waals surface area contributed by atoms with Crippen molar-refractivity contribution in [2.45, 2.75) is 12.1 Å². The second-order valence-electron chi connectivity index (χ2n) is 4.69. The molecule has 108 valence electrons. The number of pyridine rings is 1. The summed E-state index contributed by atoms with van der Waals surface area (Å²) < 4.78 is 1.46. The largest absolute Gasteiger partial charge is 0.268 e. The normalized spacial score (nSPS) is 10.5. The molecule has 0 aliphatic heterocycles. The zero-order valence-corrected chi connectivity index (χ0v) is 12.7. The van der Waals surface area contributed by atoms with Crippen LogP contribution in [0.1, 0.15) is 5.56 Å². The Bertz CT molecular complexity index is 926. The highest BCUT2D eigenvalue weighted by Crippen LogP contribution is 2.20. The summed E-state index contributed by atoms with van der Waals surface area (Å²) in [6, 6.07) is 12.9. The van der Waals surface area contributed by atoms with Crippen molar-refractivity contribution < 1.29 is 0 Å². The van der Waals surface area contributed by atoms with Crippen molar-refractivity contribution in [1.29, 1.82) is 5.26 Å². The van der Waals surface area contributed by atoms with E-state index in [-0.39, 0.29) is 11.3 Å². The smallest absolute Gasteiger partial charge is 0.267 e. The third kappa shape index (κ3) is 2.59. The Kier molecular flexibility index (Phi) is 3.90. The fraction of sp³-hybridized carbons (Fsp3) is 0.125. The third-order valence-electron chi connectivity index (χ3n) is 3.14. The molecular weight excluding hydrogens is 296 g/mol. The van der Waals surface area contributed by atoms with Gasteiger partial charge in [0.15, 0.2) is 5.16 Å². The van der Waals surface area contributed by atoms with Crippen LogP contribution in [-0.4, -0.2) is 20.3 Å². The van der Waals surface area contributed by atoms with Crippen LogP contribution in [0.25, 0.3) is 16.7 Å². The van der Waals surface area contributed by atoms with E-state index >= 15 is 0 Å². The molecule has 0 unspecified atom stereocenters. The molecule has 0 amide bonds. The van der Waals surface area contributed by atoms with Crippen molar-refractivity contribution in [2.24, 2.45) is 0 Å². The second-order valence-corrected chi connectivity index (χ2v) is 5.64. The first-order valence-corrected chi connectivity index (χ1v) is 7.64. The van der Waals surface area contributed by atoms with Crippen LogP contribution in [0.3, 0.4) is 0 Å². The van der Waals surface area contributed by atoms with Crippen LogP contribution in [0.4, 0.5) is 0 Å². The van der Waals surface area contributed by atoms with Gasteiger partial charge in [-0.15, -0.1) is 0 Å². The topological polar surface area (TPSA) is 71.6 Å². The molecule has 1 aromatic carbocycles. The van der Waals surface area contributed by atoms with Crippen LogP contribution in [0.5, 0.6) is 0 Å². The fourth-order valence-electron chi connectivity index (χ4n) is 2.10. The Balaban J connectivity index is 2.30. The zero-order valence-electron chi connectivity index (χ0n) is 11.9. The first-order chi connectivity index (χ1) is 10.7. The highest BCUT2D eigenvalue weighted by Gasteiger charge is 2.13. The summed E-state index contributed by atoms with van der Waals surface area (Å²) in [6.07, 6.45) is 1.70. The number of hydrogen-bond donors (Lipinski definition) is 0. The van der Waals surface area contributed by atoms with E-state index in [0.717, 1.165) is 5.56 Å². The monoisotopic (exact) mass is 308 g/mol. The number of nitrogens with zero attached hydrogens (tertiary/aromatic N) is 4. The summed E-state index contributed by atoms with van der Waals surface area (Å²) in [6.45, 7) is 1.93. The summed E-state index contributed by atoms with van der Waals surface area (Å²) in [5.74, 6) is 0.727. The summed E-state index contributed by atoms with van der Waals surface area (Å²) in [7, 11) is 0. The number of rotatable bonds is 3. The van der Waals surface area contributed by atoms with Gasteiger partial charge in [0.25, 0.3) is 5.56 Å². The first-order valence-electron chi connectivity index (χ1n) is 6.65. The van der Waals surface area contributed by atoms with E-state index in [2.05, 4.69) is 16.0 Å². The lowest BCUT2D eigenvalue weighted by Gasteiger charge is -2.11. The molecule has 5 nitrogen and oxygen atoms in total. The Labute approximate surface area is 131 Å². The van der Waals surface area contributed by atoms with Crippen LogP contribution in [0, 0.1) is 18.3 Å². The Morgan fingerprint density at radius 1 is 1.27 bits per heavy atom. The highest BCUT2D eigenvalue weighted by atomic mass is 32.2. The first kappa shape index (κ1) is 14.3. The molecule has 2 aromatic heterocycles. The standard InChI is InChI=1S/C16H12N4OS/c1-11-6-7-14(18-10-11)20-15(21)12-4-2-3-5-13(12)19-16(20)22-9-8-17/h2-7,10H,9H2,1H3. The minimum atomic E-state index is -0.178. The second kappa shape index (κ2) is 6.00. The zero-order chi connectivity index (χ0) is 15.5. The molecule has 0 saturated carbocycles. The maximum absolute atomic E-state index is 12.8. The van der Waals surface area contributed by atoms with Gasteiger partial charge in [0.05, 0.1) is 22.7 Å². The number of aromatic nitrogens is 3. The predicted octanol–water partition coefficient (Wildman–Crippen LogP) is 2.70. The minimum absolute atomic E-state index is 0.178. The van der Waals surface area contributed by atoms with Crippen LogP contribution >= 0.6 is 11.8 Å². The lowest BCUT2D eigenvalue weighted by Crippen LogP contribution is -2.22. The van der Waals surface area contributed by atoms with E-state index in [0.29, 0.717) is 21.9 Å². The van der Waals surface area contributed by atoms with Gasteiger partial charge < -0.3 is 0 Å². The van der Waals surface area contributed by atoms with Gasteiger partial charge in [-0.3, -0.25) is 4.79 Å². The van der Waals surface area contributed by atoms with E-state index in [1.54, 1.807) is 30.5 Å². The van der Waals surface area contributed by atoms with Crippen LogP contribution in [-0.2, 0) is 0 Å². The molecule has 2 heterocycles. The molecule has 0 spiro atoms. The van der Waals surface area contributed by atoms with Gasteiger partial charge in [0, 0.05) is 6.20 Å². The maximum Gasteiger partial charge on any atom is 0.267 e. The summed E-state index contributed by atoms with van der Waals surface area (Å²) in [5.41, 5.74) is 1.45. The molecule has 22 heavy (non-hydrogen) atoms. The molecule has 0 saturated heterocycles. The lowest BCUT2D eigenvalue weighted by molar-refractivity contribution is 0.795. The van der Waals surface area contributed by atoms with Gasteiger partial charge >= 0.3 is 0 Å². The molecule has 0 N–H and O–H groups in total. The van der Waals surface area contributed by atoms with E-state index in [1.807, 2.05) is 19.1 Å². The van der Waals surface area contributed by atoms with E-state index in [4.69, 9.17) is 5.26 Å². The number of aryl methyl sites for hydroxylation is 1. The molecule has 0 aliphatic rings. The molecule has 0 radical (unpaired) electrons. The quantitative estimate of drug-likeness (QED) is 0.549. The summed E-state index contributed by atoms with van der Waals surface area (Å²) >= 11 is 1.23. The molecular formula is C16H12N4OS. The average Bonchev–Trinajstić information content (AvgIpc) is 2.54. The highest BCUT2D eigenvalue weighted by molar-refractivity contribution is 7.99. The van der Waals surface area contributed by atoms with Crippen molar-refractivity contribution in [3.8, 4) is 11.9 Å². The molecule has 0 atom stereocenters. The summed E-state index contributed by atoms with van der Waals surface area (Å²) in [5, 5.41) is 9.81. The van der Waals surface area contributed by atoms with Crippen molar-refractivity contribution in [1.82, 2.24) is 14.5 Å². The van der Waals surface area contributed by atoms with Gasteiger partial charge in [-0.05, 0) is 30.7 Å². The molecule has 3 rings (SSSR count). The van der Waals surface area contributed by atoms with E-state index in [9.17, 15) is 4.79 Å². The van der Waals surface area contributed by atoms with E-state index < -0.39 is 0 Å². The predicted molar refractivity (Wildman–Crippen MR) is 86.2 cm³/mol. The minimum Gasteiger partial charge on any atom is -0.268 e. The summed E-state index contributed by atoms with van der Waals surface area (Å²) in [4.78, 5) is 21.6. The fourth-order valence-corrected chi connectivity index (χ4v) is 2.76. The maximum atomic E-state index is 12.8. The molecule has 0 bridgehead atoms. The van der Waals surface area contributed by atoms with Gasteiger partial charge in [0.1, 0.15) is 5.82 Å². The molecule has 0 aliphatic carbocycles. The number of thioether (sulfide) groups is 1. The Morgan fingerprint density at radius 3 is 2.82 bits per heavy atom. The average molecular weight is 308 g/mol. The number of benzene rings is 1. The van der Waals surface area contributed by atoms with Crippen LogP contribution < -0.4 is 5.56 Å². The van der Waals surface area contributed by atoms with Crippen molar-refractivity contribution >= 4 is 22.7 Å². The Hall–Kier alpha value is -2.65. The Morgan fingerprint density at radius 2 is 2.09 bits per heavy atom. The van der Waals surface area contributed by atoms with E-state index in [1.165, 1.54) is 16.3 Å². The van der Waals surface area contributed by atoms with Crippen LogP contribution in [0.2, 0.25) is 0 Å². The van der Waals surface area contributed by atoms with Crippen molar-refractivity contribution in [2.75, 3.05) is 5.75 Å². The molecule has 0 fully saturated rings. The molecule has 6 heteroatoms. The van der Waals surface area contributed by atoms with Crippen LogP contribution in [0.15, 0.2) is 52.5 Å². The van der Waals surface area contributed by atoms with Crippen molar-refractivity contribution in [3.05, 3.63) is 58.5 Å². The van der Waals surface area contributed by atoms with Gasteiger partial charge in [-0.1, -0.05) is 30.0 Å². The lowest BCUT2D eigenvalue weighted by atomic mass is 10.2. The number of hydrogen-bond acceptors (Lipinski definition) is 5. The molecule has 3 aromatic rings. The number of nitriles is 1. The van der Waals surface area contributed by atoms with Gasteiger partial charge in [-0.2, -0.15) is 5.26 Å².